The number of nitrogens with one attached hydrogen (secondary N) is 2. The molecule has 0 aliphatic heterocycles. The Hall–Kier alpha value is -2.81. The van der Waals surface area contributed by atoms with Crippen molar-refractivity contribution < 1.29 is 19.4 Å². The number of rotatable bonds is 9. The van der Waals surface area contributed by atoms with E-state index in [4.69, 9.17) is 4.74 Å². The van der Waals surface area contributed by atoms with E-state index in [1.165, 1.54) is 11.8 Å². The van der Waals surface area contributed by atoms with E-state index in [9.17, 15) is 19.5 Å². The second-order valence-electron chi connectivity index (χ2n) is 5.75. The molecule has 2 rings (SSSR count). The van der Waals surface area contributed by atoms with E-state index < -0.39 is 23.5 Å². The minimum Gasteiger partial charge on any atom is -0.497 e. The molecule has 0 spiro atoms. The Labute approximate surface area is 160 Å². The van der Waals surface area contributed by atoms with Crippen molar-refractivity contribution >= 4 is 23.6 Å². The van der Waals surface area contributed by atoms with Crippen molar-refractivity contribution in [1.29, 1.82) is 0 Å². The monoisotopic (exact) mass is 391 g/mol. The van der Waals surface area contributed by atoms with Crippen LogP contribution in [0.5, 0.6) is 5.75 Å². The second-order valence-corrected chi connectivity index (χ2v) is 6.73. The van der Waals surface area contributed by atoms with E-state index in [1.54, 1.807) is 19.2 Å². The highest BCUT2D eigenvalue weighted by Crippen LogP contribution is 2.13. The molecule has 1 aromatic carbocycles. The van der Waals surface area contributed by atoms with Crippen LogP contribution >= 0.6 is 11.8 Å². The topological polar surface area (TPSA) is 121 Å². The van der Waals surface area contributed by atoms with Crippen molar-refractivity contribution in [1.82, 2.24) is 15.3 Å². The maximum Gasteiger partial charge on any atom is 0.326 e. The molecule has 0 aliphatic carbocycles. The standard InChI is InChI=1S/C18H21N3O5S/c1-26-12-5-3-11(4-6-12)9-15-19-14(10-16(22)21-15)17(23)20-13(18(24)25)7-8-27-2/h3-6,10,13H,7-9H2,1-2H3,(H,20,23)(H,24,25)(H,19,21,22). The minimum absolute atomic E-state index is 0.113. The maximum atomic E-state index is 12.4. The second kappa shape index (κ2) is 9.77. The summed E-state index contributed by atoms with van der Waals surface area (Å²) in [6.45, 7) is 0. The summed E-state index contributed by atoms with van der Waals surface area (Å²) in [5, 5.41) is 11.6. The number of H-pyrrole nitrogens is 1. The van der Waals surface area contributed by atoms with Crippen molar-refractivity contribution in [3.63, 3.8) is 0 Å². The van der Waals surface area contributed by atoms with Crippen LogP contribution in [-0.2, 0) is 11.2 Å². The quantitative estimate of drug-likeness (QED) is 0.589. The van der Waals surface area contributed by atoms with Crippen LogP contribution in [0.25, 0.3) is 0 Å². The molecule has 1 unspecified atom stereocenters. The summed E-state index contributed by atoms with van der Waals surface area (Å²) in [6.07, 6.45) is 2.45. The molecule has 1 atom stereocenters. The number of carboxylic acid groups (broad SMARTS) is 1. The van der Waals surface area contributed by atoms with Crippen LogP contribution in [0.2, 0.25) is 0 Å². The van der Waals surface area contributed by atoms with E-state index in [0.717, 1.165) is 11.6 Å². The van der Waals surface area contributed by atoms with Crippen molar-refractivity contribution in [3.05, 3.63) is 57.8 Å². The number of nitrogens with zero attached hydrogens (tertiary/aromatic N) is 1. The molecule has 144 valence electrons. The zero-order valence-electron chi connectivity index (χ0n) is 15.0. The molecule has 0 saturated heterocycles. The number of aromatic nitrogens is 2. The van der Waals surface area contributed by atoms with Gasteiger partial charge in [0.1, 0.15) is 23.3 Å². The molecule has 0 radical (unpaired) electrons. The summed E-state index contributed by atoms with van der Waals surface area (Å²) in [4.78, 5) is 42.3. The van der Waals surface area contributed by atoms with Gasteiger partial charge in [-0.1, -0.05) is 12.1 Å². The first-order valence-electron chi connectivity index (χ1n) is 8.18. The molecule has 0 bridgehead atoms. The summed E-state index contributed by atoms with van der Waals surface area (Å²) < 4.78 is 5.10. The number of aromatic amines is 1. The first-order chi connectivity index (χ1) is 12.9. The summed E-state index contributed by atoms with van der Waals surface area (Å²) in [5.74, 6) is -0.207. The predicted octanol–water partition coefficient (Wildman–Crippen LogP) is 1.31. The molecular weight excluding hydrogens is 370 g/mol. The van der Waals surface area contributed by atoms with Gasteiger partial charge in [-0.2, -0.15) is 11.8 Å². The highest BCUT2D eigenvalue weighted by Gasteiger charge is 2.21. The Morgan fingerprint density at radius 2 is 2.04 bits per heavy atom. The lowest BCUT2D eigenvalue weighted by Gasteiger charge is -2.13. The van der Waals surface area contributed by atoms with E-state index in [2.05, 4.69) is 15.3 Å². The van der Waals surface area contributed by atoms with Gasteiger partial charge >= 0.3 is 5.97 Å². The maximum absolute atomic E-state index is 12.4. The SMILES string of the molecule is COc1ccc(Cc2nc(C(=O)NC(CCSC)C(=O)O)cc(=O)[nH]2)cc1. The van der Waals surface area contributed by atoms with Gasteiger partial charge in [0.2, 0.25) is 0 Å². The van der Waals surface area contributed by atoms with Gasteiger partial charge in [-0.3, -0.25) is 9.59 Å². The highest BCUT2D eigenvalue weighted by atomic mass is 32.2. The van der Waals surface area contributed by atoms with Gasteiger partial charge in [-0.25, -0.2) is 9.78 Å². The Kier molecular flexibility index (Phi) is 7.42. The molecule has 0 aliphatic rings. The zero-order valence-corrected chi connectivity index (χ0v) is 15.8. The van der Waals surface area contributed by atoms with Gasteiger partial charge in [0, 0.05) is 12.5 Å². The van der Waals surface area contributed by atoms with Crippen LogP contribution in [0.4, 0.5) is 0 Å². The molecule has 2 aromatic rings. The molecule has 1 heterocycles. The van der Waals surface area contributed by atoms with Crippen LogP contribution in [0, 0.1) is 0 Å². The van der Waals surface area contributed by atoms with E-state index in [1.807, 2.05) is 18.4 Å². The summed E-state index contributed by atoms with van der Waals surface area (Å²) in [5.41, 5.74) is 0.284. The normalized spacial score (nSPS) is 11.6. The molecule has 1 amide bonds. The number of hydrogen-bond acceptors (Lipinski definition) is 6. The molecule has 8 nitrogen and oxygen atoms in total. The number of carboxylic acids is 1. The van der Waals surface area contributed by atoms with Crippen molar-refractivity contribution in [2.75, 3.05) is 19.1 Å². The molecule has 0 fully saturated rings. The third-order valence-corrected chi connectivity index (χ3v) is 4.41. The number of thioether (sulfide) groups is 1. The van der Waals surface area contributed by atoms with Crippen molar-refractivity contribution in [3.8, 4) is 5.75 Å². The molecule has 1 aromatic heterocycles. The molecule has 27 heavy (non-hydrogen) atoms. The van der Waals surface area contributed by atoms with Crippen LogP contribution in [0.15, 0.2) is 35.1 Å². The van der Waals surface area contributed by atoms with Gasteiger partial charge in [0.15, 0.2) is 0 Å². The Morgan fingerprint density at radius 3 is 2.63 bits per heavy atom. The Balaban J connectivity index is 2.16. The fourth-order valence-corrected chi connectivity index (χ4v) is 2.84. The number of hydrogen-bond donors (Lipinski definition) is 3. The Morgan fingerprint density at radius 1 is 1.33 bits per heavy atom. The van der Waals surface area contributed by atoms with Gasteiger partial charge in [0.25, 0.3) is 11.5 Å². The lowest BCUT2D eigenvalue weighted by Crippen LogP contribution is -2.42. The highest BCUT2D eigenvalue weighted by molar-refractivity contribution is 7.98. The number of aliphatic carboxylic acids is 1. The summed E-state index contributed by atoms with van der Waals surface area (Å²) in [6, 6.07) is 7.25. The minimum atomic E-state index is -1.12. The van der Waals surface area contributed by atoms with Crippen molar-refractivity contribution in [2.24, 2.45) is 0 Å². The lowest BCUT2D eigenvalue weighted by molar-refractivity contribution is -0.139. The summed E-state index contributed by atoms with van der Waals surface area (Å²) in [7, 11) is 1.57. The smallest absolute Gasteiger partial charge is 0.326 e. The van der Waals surface area contributed by atoms with Crippen LogP contribution < -0.4 is 15.6 Å². The van der Waals surface area contributed by atoms with Crippen LogP contribution in [0.1, 0.15) is 28.3 Å². The lowest BCUT2D eigenvalue weighted by atomic mass is 10.1. The molecule has 0 saturated carbocycles. The number of benzene rings is 1. The number of carbonyl (C=O) groups is 2. The number of methoxy groups -OCH3 is 1. The van der Waals surface area contributed by atoms with Crippen LogP contribution in [0.3, 0.4) is 0 Å². The Bertz CT molecular complexity index is 851. The third kappa shape index (κ3) is 6.14. The zero-order chi connectivity index (χ0) is 19.8. The van der Waals surface area contributed by atoms with E-state index >= 15 is 0 Å². The molecule has 3 N–H and O–H groups in total. The van der Waals surface area contributed by atoms with E-state index in [0.29, 0.717) is 23.7 Å². The van der Waals surface area contributed by atoms with Gasteiger partial charge in [-0.05, 0) is 36.1 Å². The number of carbonyl (C=O) groups excluding carboxylic acids is 1. The van der Waals surface area contributed by atoms with Crippen LogP contribution in [-0.4, -0.2) is 52.1 Å². The molecule has 9 heteroatoms. The fraction of sp³-hybridized carbons (Fsp3) is 0.333. The third-order valence-electron chi connectivity index (χ3n) is 3.77. The largest absolute Gasteiger partial charge is 0.497 e. The number of ether oxygens (including phenoxy) is 1. The van der Waals surface area contributed by atoms with Gasteiger partial charge < -0.3 is 20.1 Å². The molecular formula is C18H21N3O5S. The fourth-order valence-electron chi connectivity index (χ4n) is 2.37. The average molecular weight is 391 g/mol. The van der Waals surface area contributed by atoms with Gasteiger partial charge in [-0.15, -0.1) is 0 Å². The van der Waals surface area contributed by atoms with Crippen molar-refractivity contribution in [2.45, 2.75) is 18.9 Å². The predicted molar refractivity (Wildman–Crippen MR) is 103 cm³/mol. The average Bonchev–Trinajstić information content (AvgIpc) is 2.64. The first kappa shape index (κ1) is 20.5. The first-order valence-corrected chi connectivity index (χ1v) is 9.58. The number of amides is 1. The van der Waals surface area contributed by atoms with Gasteiger partial charge in [0.05, 0.1) is 7.11 Å². The van der Waals surface area contributed by atoms with E-state index in [-0.39, 0.29) is 12.1 Å². The summed E-state index contributed by atoms with van der Waals surface area (Å²) >= 11 is 1.48.